The molecule has 2 heterocycles. The number of hydrogen-bond acceptors (Lipinski definition) is 6. The van der Waals surface area contributed by atoms with Crippen molar-refractivity contribution in [3.05, 3.63) is 5.82 Å². The van der Waals surface area contributed by atoms with Gasteiger partial charge in [0.05, 0.1) is 0 Å². The minimum atomic E-state index is -3.09. The molecule has 19 heavy (non-hydrogen) atoms. The van der Waals surface area contributed by atoms with E-state index >= 15 is 0 Å². The summed E-state index contributed by atoms with van der Waals surface area (Å²) in [6, 6.07) is 0. The SMILES string of the molecule is CC1(CN)CCN(c2n[nH]c(CS(C)(=O)=O)n2)CC1. The molecule has 0 spiro atoms. The molecule has 1 fully saturated rings. The molecule has 0 atom stereocenters. The number of nitrogens with one attached hydrogen (secondary N) is 1. The number of rotatable bonds is 4. The molecule has 0 saturated carbocycles. The van der Waals surface area contributed by atoms with Crippen LogP contribution >= 0.6 is 0 Å². The zero-order chi connectivity index (χ0) is 14.1. The normalized spacial score (nSPS) is 19.6. The van der Waals surface area contributed by atoms with E-state index in [4.69, 9.17) is 5.73 Å². The number of piperidine rings is 1. The van der Waals surface area contributed by atoms with Gasteiger partial charge < -0.3 is 10.6 Å². The van der Waals surface area contributed by atoms with E-state index in [1.54, 1.807) is 0 Å². The fourth-order valence-corrected chi connectivity index (χ4v) is 2.82. The zero-order valence-electron chi connectivity index (χ0n) is 11.4. The second kappa shape index (κ2) is 5.09. The fraction of sp³-hybridized carbons (Fsp3) is 0.818. The van der Waals surface area contributed by atoms with Crippen LogP contribution in [0.4, 0.5) is 5.95 Å². The first-order valence-corrected chi connectivity index (χ1v) is 8.41. The van der Waals surface area contributed by atoms with Crippen molar-refractivity contribution in [3.8, 4) is 0 Å². The molecule has 108 valence electrons. The van der Waals surface area contributed by atoms with Crippen LogP contribution in [-0.2, 0) is 15.6 Å². The van der Waals surface area contributed by atoms with Gasteiger partial charge >= 0.3 is 0 Å². The van der Waals surface area contributed by atoms with Crippen molar-refractivity contribution in [2.45, 2.75) is 25.5 Å². The summed E-state index contributed by atoms with van der Waals surface area (Å²) in [5, 5.41) is 6.78. The highest BCUT2D eigenvalue weighted by molar-refractivity contribution is 7.89. The summed E-state index contributed by atoms with van der Waals surface area (Å²) >= 11 is 0. The Kier molecular flexibility index (Phi) is 3.82. The minimum Gasteiger partial charge on any atom is -0.340 e. The first-order chi connectivity index (χ1) is 8.81. The molecule has 7 nitrogen and oxygen atoms in total. The number of sulfone groups is 1. The van der Waals surface area contributed by atoms with Gasteiger partial charge in [-0.25, -0.2) is 8.42 Å². The lowest BCUT2D eigenvalue weighted by molar-refractivity contribution is 0.257. The number of nitrogens with two attached hydrogens (primary N) is 1. The predicted molar refractivity (Wildman–Crippen MR) is 73.5 cm³/mol. The Hall–Kier alpha value is -1.15. The van der Waals surface area contributed by atoms with Crippen LogP contribution in [0.3, 0.4) is 0 Å². The summed E-state index contributed by atoms with van der Waals surface area (Å²) in [5.74, 6) is 0.872. The Morgan fingerprint density at radius 2 is 2.05 bits per heavy atom. The van der Waals surface area contributed by atoms with Gasteiger partial charge in [0, 0.05) is 19.3 Å². The maximum Gasteiger partial charge on any atom is 0.244 e. The first-order valence-electron chi connectivity index (χ1n) is 6.35. The molecule has 0 bridgehead atoms. The highest BCUT2D eigenvalue weighted by atomic mass is 32.2. The fourth-order valence-electron chi connectivity index (χ4n) is 2.19. The van der Waals surface area contributed by atoms with Crippen LogP contribution in [0.5, 0.6) is 0 Å². The van der Waals surface area contributed by atoms with E-state index in [2.05, 4.69) is 27.0 Å². The number of hydrogen-bond donors (Lipinski definition) is 2. The van der Waals surface area contributed by atoms with Crippen molar-refractivity contribution in [3.63, 3.8) is 0 Å². The third-order valence-corrected chi connectivity index (χ3v) is 4.46. The highest BCUT2D eigenvalue weighted by Crippen LogP contribution is 2.30. The second-order valence-corrected chi connectivity index (χ2v) is 7.79. The van der Waals surface area contributed by atoms with Crippen molar-refractivity contribution in [2.24, 2.45) is 11.1 Å². The van der Waals surface area contributed by atoms with Crippen molar-refractivity contribution >= 4 is 15.8 Å². The van der Waals surface area contributed by atoms with E-state index in [1.165, 1.54) is 6.26 Å². The Morgan fingerprint density at radius 3 is 2.58 bits per heavy atom. The monoisotopic (exact) mass is 287 g/mol. The van der Waals surface area contributed by atoms with E-state index in [-0.39, 0.29) is 11.2 Å². The lowest BCUT2D eigenvalue weighted by Gasteiger charge is -2.38. The van der Waals surface area contributed by atoms with Gasteiger partial charge in [0.25, 0.3) is 0 Å². The van der Waals surface area contributed by atoms with Gasteiger partial charge in [-0.2, -0.15) is 4.98 Å². The number of aromatic amines is 1. The van der Waals surface area contributed by atoms with Gasteiger partial charge in [0.15, 0.2) is 9.84 Å². The van der Waals surface area contributed by atoms with Crippen LogP contribution in [0, 0.1) is 5.41 Å². The Morgan fingerprint density at radius 1 is 1.42 bits per heavy atom. The first kappa shape index (κ1) is 14.3. The van der Waals surface area contributed by atoms with Crippen LogP contribution in [-0.4, -0.2) is 49.5 Å². The number of H-pyrrole nitrogens is 1. The zero-order valence-corrected chi connectivity index (χ0v) is 12.2. The summed E-state index contributed by atoms with van der Waals surface area (Å²) in [5.41, 5.74) is 5.97. The lowest BCUT2D eigenvalue weighted by Crippen LogP contribution is -2.42. The molecule has 1 saturated heterocycles. The second-order valence-electron chi connectivity index (χ2n) is 5.65. The smallest absolute Gasteiger partial charge is 0.244 e. The summed E-state index contributed by atoms with van der Waals surface area (Å²) in [4.78, 5) is 6.31. The van der Waals surface area contributed by atoms with Gasteiger partial charge in [0.1, 0.15) is 11.6 Å². The van der Waals surface area contributed by atoms with Crippen LogP contribution in [0.1, 0.15) is 25.6 Å². The van der Waals surface area contributed by atoms with Crippen LogP contribution in [0.15, 0.2) is 0 Å². The van der Waals surface area contributed by atoms with E-state index in [9.17, 15) is 8.42 Å². The molecule has 0 unspecified atom stereocenters. The molecule has 1 aromatic heterocycles. The van der Waals surface area contributed by atoms with Crippen molar-refractivity contribution in [2.75, 3.05) is 30.8 Å². The number of aromatic nitrogens is 3. The van der Waals surface area contributed by atoms with Crippen molar-refractivity contribution in [1.82, 2.24) is 15.2 Å². The van der Waals surface area contributed by atoms with Gasteiger partial charge in [-0.1, -0.05) is 6.92 Å². The maximum absolute atomic E-state index is 11.2. The van der Waals surface area contributed by atoms with Gasteiger partial charge in [0.2, 0.25) is 5.95 Å². The van der Waals surface area contributed by atoms with Crippen LogP contribution < -0.4 is 10.6 Å². The van der Waals surface area contributed by atoms with Gasteiger partial charge in [-0.05, 0) is 24.8 Å². The predicted octanol–water partition coefficient (Wildman–Crippen LogP) is -0.0855. The lowest BCUT2D eigenvalue weighted by atomic mass is 9.81. The van der Waals surface area contributed by atoms with Gasteiger partial charge in [-0.15, -0.1) is 5.10 Å². The van der Waals surface area contributed by atoms with E-state index in [0.29, 0.717) is 18.3 Å². The molecule has 0 aliphatic carbocycles. The molecule has 0 aromatic carbocycles. The number of nitrogens with zero attached hydrogens (tertiary/aromatic N) is 3. The molecular weight excluding hydrogens is 266 g/mol. The summed E-state index contributed by atoms with van der Waals surface area (Å²) in [7, 11) is -3.09. The van der Waals surface area contributed by atoms with E-state index in [1.807, 2.05) is 0 Å². The average molecular weight is 287 g/mol. The Labute approximate surface area is 113 Å². The molecule has 1 aliphatic heterocycles. The molecule has 3 N–H and O–H groups in total. The van der Waals surface area contributed by atoms with Crippen LogP contribution in [0.25, 0.3) is 0 Å². The maximum atomic E-state index is 11.2. The highest BCUT2D eigenvalue weighted by Gasteiger charge is 2.30. The van der Waals surface area contributed by atoms with E-state index in [0.717, 1.165) is 25.9 Å². The molecule has 0 amide bonds. The largest absolute Gasteiger partial charge is 0.340 e. The average Bonchev–Trinajstić information content (AvgIpc) is 2.76. The van der Waals surface area contributed by atoms with E-state index < -0.39 is 9.84 Å². The van der Waals surface area contributed by atoms with Gasteiger partial charge in [-0.3, -0.25) is 5.10 Å². The molecule has 0 radical (unpaired) electrons. The topological polar surface area (TPSA) is 105 Å². The summed E-state index contributed by atoms with van der Waals surface area (Å²) < 4.78 is 22.4. The van der Waals surface area contributed by atoms with Crippen molar-refractivity contribution in [1.29, 1.82) is 0 Å². The summed E-state index contributed by atoms with van der Waals surface area (Å²) in [6.07, 6.45) is 3.18. The van der Waals surface area contributed by atoms with Crippen molar-refractivity contribution < 1.29 is 8.42 Å². The quantitative estimate of drug-likeness (QED) is 0.802. The molecule has 2 rings (SSSR count). The molecule has 1 aromatic rings. The third-order valence-electron chi connectivity index (χ3n) is 3.67. The third kappa shape index (κ3) is 3.66. The molecular formula is C11H21N5O2S. The Bertz CT molecular complexity index is 531. The number of anilines is 1. The molecule has 1 aliphatic rings. The minimum absolute atomic E-state index is 0.103. The summed E-state index contributed by atoms with van der Waals surface area (Å²) in [6.45, 7) is 4.58. The Balaban J connectivity index is 2.01. The standard InChI is InChI=1S/C11H21N5O2S/c1-11(8-12)3-5-16(6-4-11)10-13-9(14-15-10)7-19(2,17)18/h3-8,12H2,1-2H3,(H,13,14,15). The van der Waals surface area contributed by atoms with Crippen LogP contribution in [0.2, 0.25) is 0 Å². The molecule has 8 heteroatoms.